The van der Waals surface area contributed by atoms with Crippen LogP contribution in [0.4, 0.5) is 0 Å². The molecule has 0 amide bonds. The molecule has 3 aromatic heterocycles. The van der Waals surface area contributed by atoms with Crippen LogP contribution in [0.2, 0.25) is 0 Å². The second-order valence-corrected chi connectivity index (χ2v) is 6.71. The number of thiazole rings is 1. The van der Waals surface area contributed by atoms with Crippen molar-refractivity contribution in [1.29, 1.82) is 0 Å². The molecule has 0 bridgehead atoms. The molecule has 0 spiro atoms. The summed E-state index contributed by atoms with van der Waals surface area (Å²) >= 11 is 1.59. The SMILES string of the molecule is CCCOc1ccc(-c2nc(C)cs2)cc1-n1ncc2c(=O)[nH]cnc21. The minimum absolute atomic E-state index is 0.219. The Bertz CT molecular complexity index is 1130. The van der Waals surface area contributed by atoms with Gasteiger partial charge in [-0.05, 0) is 31.5 Å². The van der Waals surface area contributed by atoms with Crippen LogP contribution in [0.15, 0.2) is 40.9 Å². The van der Waals surface area contributed by atoms with Crippen molar-refractivity contribution in [2.45, 2.75) is 20.3 Å². The van der Waals surface area contributed by atoms with E-state index in [1.54, 1.807) is 16.0 Å². The predicted octanol–water partition coefficient (Wildman–Crippen LogP) is 3.33. The summed E-state index contributed by atoms with van der Waals surface area (Å²) in [5.74, 6) is 0.691. The molecule has 0 aliphatic carbocycles. The highest BCUT2D eigenvalue weighted by atomic mass is 32.1. The lowest BCUT2D eigenvalue weighted by atomic mass is 10.2. The first kappa shape index (κ1) is 16.5. The molecule has 1 N–H and O–H groups in total. The molecule has 0 atom stereocenters. The van der Waals surface area contributed by atoms with E-state index in [0.717, 1.165) is 28.4 Å². The Kier molecular flexibility index (Phi) is 4.26. The van der Waals surface area contributed by atoms with Crippen LogP contribution < -0.4 is 10.3 Å². The third-order valence-corrected chi connectivity index (χ3v) is 4.89. The normalized spacial score (nSPS) is 11.2. The molecule has 0 saturated carbocycles. The lowest BCUT2D eigenvalue weighted by Crippen LogP contribution is -2.08. The number of H-pyrrole nitrogens is 1. The maximum atomic E-state index is 12.0. The molecule has 0 radical (unpaired) electrons. The molecular weight excluding hydrogens is 350 g/mol. The fourth-order valence-electron chi connectivity index (χ4n) is 2.67. The Labute approximate surface area is 153 Å². The number of ether oxygens (including phenoxy) is 1. The summed E-state index contributed by atoms with van der Waals surface area (Å²) in [4.78, 5) is 23.4. The lowest BCUT2D eigenvalue weighted by Gasteiger charge is -2.12. The summed E-state index contributed by atoms with van der Waals surface area (Å²) in [6.45, 7) is 4.61. The summed E-state index contributed by atoms with van der Waals surface area (Å²) < 4.78 is 7.53. The van der Waals surface area contributed by atoms with E-state index in [1.807, 2.05) is 30.5 Å². The van der Waals surface area contributed by atoms with Crippen molar-refractivity contribution >= 4 is 22.4 Å². The molecule has 0 aliphatic rings. The van der Waals surface area contributed by atoms with Gasteiger partial charge in [0.05, 0.1) is 19.1 Å². The van der Waals surface area contributed by atoms with Gasteiger partial charge in [-0.1, -0.05) is 6.92 Å². The van der Waals surface area contributed by atoms with E-state index in [4.69, 9.17) is 4.74 Å². The summed E-state index contributed by atoms with van der Waals surface area (Å²) in [7, 11) is 0. The van der Waals surface area contributed by atoms with Crippen molar-refractivity contribution in [3.8, 4) is 22.0 Å². The van der Waals surface area contributed by atoms with Gasteiger partial charge in [0, 0.05) is 16.6 Å². The number of nitrogens with one attached hydrogen (secondary N) is 1. The zero-order valence-electron chi connectivity index (χ0n) is 14.4. The molecule has 132 valence electrons. The number of hydrogen-bond acceptors (Lipinski definition) is 6. The largest absolute Gasteiger partial charge is 0.491 e. The molecule has 4 rings (SSSR count). The van der Waals surface area contributed by atoms with E-state index in [-0.39, 0.29) is 5.56 Å². The monoisotopic (exact) mass is 367 g/mol. The smallest absolute Gasteiger partial charge is 0.261 e. The molecule has 7 nitrogen and oxygen atoms in total. The number of fused-ring (bicyclic) bond motifs is 1. The van der Waals surface area contributed by atoms with Crippen LogP contribution in [-0.4, -0.2) is 31.3 Å². The quantitative estimate of drug-likeness (QED) is 0.585. The predicted molar refractivity (Wildman–Crippen MR) is 101 cm³/mol. The summed E-state index contributed by atoms with van der Waals surface area (Å²) in [6, 6.07) is 5.87. The third kappa shape index (κ3) is 2.88. The molecule has 3 heterocycles. The summed E-state index contributed by atoms with van der Waals surface area (Å²) in [6.07, 6.45) is 3.79. The van der Waals surface area contributed by atoms with Crippen molar-refractivity contribution in [2.75, 3.05) is 6.61 Å². The van der Waals surface area contributed by atoms with Crippen molar-refractivity contribution < 1.29 is 4.74 Å². The van der Waals surface area contributed by atoms with Gasteiger partial charge in [0.25, 0.3) is 5.56 Å². The molecule has 26 heavy (non-hydrogen) atoms. The zero-order chi connectivity index (χ0) is 18.1. The maximum Gasteiger partial charge on any atom is 0.261 e. The zero-order valence-corrected chi connectivity index (χ0v) is 15.2. The first-order chi connectivity index (χ1) is 12.7. The number of aryl methyl sites for hydroxylation is 1. The topological polar surface area (TPSA) is 85.7 Å². The Balaban J connectivity index is 1.91. The molecule has 8 heteroatoms. The van der Waals surface area contributed by atoms with Gasteiger partial charge in [-0.25, -0.2) is 14.6 Å². The Morgan fingerprint density at radius 2 is 2.23 bits per heavy atom. The van der Waals surface area contributed by atoms with Crippen LogP contribution >= 0.6 is 11.3 Å². The number of nitrogens with zero attached hydrogens (tertiary/aromatic N) is 4. The van der Waals surface area contributed by atoms with E-state index in [1.165, 1.54) is 12.5 Å². The molecular formula is C18H17N5O2S. The van der Waals surface area contributed by atoms with Crippen LogP contribution in [0.5, 0.6) is 5.75 Å². The van der Waals surface area contributed by atoms with Gasteiger partial charge in [0.1, 0.15) is 21.8 Å². The molecule has 4 aromatic rings. The molecule has 1 aromatic carbocycles. The van der Waals surface area contributed by atoms with E-state index < -0.39 is 0 Å². The average molecular weight is 367 g/mol. The fraction of sp³-hybridized carbons (Fsp3) is 0.222. The number of aromatic amines is 1. The van der Waals surface area contributed by atoms with Crippen LogP contribution in [-0.2, 0) is 0 Å². The highest BCUT2D eigenvalue weighted by Crippen LogP contribution is 2.32. The van der Waals surface area contributed by atoms with Crippen molar-refractivity contribution in [2.24, 2.45) is 0 Å². The minimum atomic E-state index is -0.219. The van der Waals surface area contributed by atoms with Gasteiger partial charge in [0.2, 0.25) is 0 Å². The summed E-state index contributed by atoms with van der Waals surface area (Å²) in [5, 5.41) is 7.75. The van der Waals surface area contributed by atoms with Gasteiger partial charge in [0.15, 0.2) is 5.65 Å². The van der Waals surface area contributed by atoms with Gasteiger partial charge in [-0.3, -0.25) is 4.79 Å². The van der Waals surface area contributed by atoms with E-state index in [2.05, 4.69) is 27.0 Å². The van der Waals surface area contributed by atoms with E-state index in [0.29, 0.717) is 23.4 Å². The van der Waals surface area contributed by atoms with Crippen LogP contribution in [0, 0.1) is 6.92 Å². The van der Waals surface area contributed by atoms with Gasteiger partial charge in [-0.2, -0.15) is 5.10 Å². The molecule has 0 fully saturated rings. The second-order valence-electron chi connectivity index (χ2n) is 5.85. The number of aromatic nitrogens is 5. The standard InChI is InChI=1S/C18H17N5O2S/c1-3-6-25-15-5-4-12(18-22-11(2)9-26-18)7-14(15)23-16-13(8-21-23)17(24)20-10-19-16/h4-5,7-10H,3,6H2,1-2H3,(H,19,20,24). The van der Waals surface area contributed by atoms with Crippen LogP contribution in [0.3, 0.4) is 0 Å². The summed E-state index contributed by atoms with van der Waals surface area (Å²) in [5.41, 5.74) is 2.95. The molecule has 0 unspecified atom stereocenters. The average Bonchev–Trinajstić information content (AvgIpc) is 3.27. The van der Waals surface area contributed by atoms with E-state index >= 15 is 0 Å². The van der Waals surface area contributed by atoms with Crippen molar-refractivity contribution in [3.63, 3.8) is 0 Å². The van der Waals surface area contributed by atoms with Gasteiger partial charge >= 0.3 is 0 Å². The van der Waals surface area contributed by atoms with Gasteiger partial charge < -0.3 is 9.72 Å². The van der Waals surface area contributed by atoms with Crippen molar-refractivity contribution in [1.82, 2.24) is 24.7 Å². The lowest BCUT2D eigenvalue weighted by molar-refractivity contribution is 0.316. The highest BCUT2D eigenvalue weighted by molar-refractivity contribution is 7.13. The second kappa shape index (κ2) is 6.72. The Morgan fingerprint density at radius 1 is 1.35 bits per heavy atom. The van der Waals surface area contributed by atoms with Crippen LogP contribution in [0.1, 0.15) is 19.0 Å². The third-order valence-electron chi connectivity index (χ3n) is 3.89. The van der Waals surface area contributed by atoms with Crippen molar-refractivity contribution in [3.05, 3.63) is 52.2 Å². The van der Waals surface area contributed by atoms with E-state index in [9.17, 15) is 4.79 Å². The number of benzene rings is 1. The Morgan fingerprint density at radius 3 is 3.00 bits per heavy atom. The van der Waals surface area contributed by atoms with Crippen LogP contribution in [0.25, 0.3) is 27.3 Å². The number of rotatable bonds is 5. The fourth-order valence-corrected chi connectivity index (χ4v) is 3.46. The highest BCUT2D eigenvalue weighted by Gasteiger charge is 2.15. The Hall–Kier alpha value is -3.00. The number of hydrogen-bond donors (Lipinski definition) is 1. The molecule has 0 aliphatic heterocycles. The van der Waals surface area contributed by atoms with Gasteiger partial charge in [-0.15, -0.1) is 11.3 Å². The first-order valence-corrected chi connectivity index (χ1v) is 9.16. The first-order valence-electron chi connectivity index (χ1n) is 8.28. The maximum absolute atomic E-state index is 12.0. The molecule has 0 saturated heterocycles. The minimum Gasteiger partial charge on any atom is -0.491 e.